The highest BCUT2D eigenvalue weighted by Gasteiger charge is 2.24. The Kier molecular flexibility index (Phi) is 2.53. The van der Waals surface area contributed by atoms with Crippen LogP contribution < -0.4 is 4.90 Å². The third-order valence-corrected chi connectivity index (χ3v) is 3.41. The van der Waals surface area contributed by atoms with Gasteiger partial charge in [0, 0.05) is 30.7 Å². The Morgan fingerprint density at radius 3 is 3.00 bits per heavy atom. The van der Waals surface area contributed by atoms with Crippen LogP contribution >= 0.6 is 0 Å². The maximum Gasteiger partial charge on any atom is 0.231 e. The van der Waals surface area contributed by atoms with Gasteiger partial charge >= 0.3 is 0 Å². The number of hydrogen-bond acceptors (Lipinski definition) is 3. The highest BCUT2D eigenvalue weighted by atomic mass is 16.2. The van der Waals surface area contributed by atoms with Gasteiger partial charge in [0.1, 0.15) is 0 Å². The molecule has 4 nitrogen and oxygen atoms in total. The fraction of sp³-hybridized carbons (Fsp3) is 0.133. The van der Waals surface area contributed by atoms with Crippen molar-refractivity contribution in [2.24, 2.45) is 0 Å². The molecule has 4 heteroatoms. The Bertz CT molecular complexity index is 716. The Morgan fingerprint density at radius 1 is 1.37 bits per heavy atom. The summed E-state index contributed by atoms with van der Waals surface area (Å²) >= 11 is 0. The van der Waals surface area contributed by atoms with Gasteiger partial charge in [0.2, 0.25) is 5.91 Å². The number of nitriles is 1. The molecule has 0 bridgehead atoms. The van der Waals surface area contributed by atoms with E-state index in [1.165, 1.54) is 0 Å². The van der Waals surface area contributed by atoms with Crippen molar-refractivity contribution < 1.29 is 4.79 Å². The van der Waals surface area contributed by atoms with Gasteiger partial charge in [-0.25, -0.2) is 0 Å². The SMILES string of the molecule is CN1C(=O)Cc2cc(-c3cnccc3C#N)ccc21. The van der Waals surface area contributed by atoms with Crippen LogP contribution in [0.3, 0.4) is 0 Å². The zero-order valence-electron chi connectivity index (χ0n) is 10.4. The third-order valence-electron chi connectivity index (χ3n) is 3.41. The zero-order chi connectivity index (χ0) is 13.4. The fourth-order valence-electron chi connectivity index (χ4n) is 2.36. The van der Waals surface area contributed by atoms with Crippen LogP contribution in [0.5, 0.6) is 0 Å². The highest BCUT2D eigenvalue weighted by molar-refractivity contribution is 6.01. The number of carbonyl (C=O) groups is 1. The van der Waals surface area contributed by atoms with E-state index in [-0.39, 0.29) is 5.91 Å². The molecule has 0 N–H and O–H groups in total. The molecular weight excluding hydrogens is 238 g/mol. The molecule has 0 saturated carbocycles. The monoisotopic (exact) mass is 249 g/mol. The lowest BCUT2D eigenvalue weighted by Crippen LogP contribution is -2.20. The van der Waals surface area contributed by atoms with Crippen molar-refractivity contribution >= 4 is 11.6 Å². The quantitative estimate of drug-likeness (QED) is 0.778. The van der Waals surface area contributed by atoms with Crippen LogP contribution in [0.4, 0.5) is 5.69 Å². The number of nitrogens with zero attached hydrogens (tertiary/aromatic N) is 3. The number of pyridine rings is 1. The smallest absolute Gasteiger partial charge is 0.231 e. The zero-order valence-corrected chi connectivity index (χ0v) is 10.4. The maximum atomic E-state index is 11.7. The van der Waals surface area contributed by atoms with E-state index in [1.54, 1.807) is 30.4 Å². The summed E-state index contributed by atoms with van der Waals surface area (Å²) < 4.78 is 0. The molecule has 0 fully saturated rings. The van der Waals surface area contributed by atoms with E-state index >= 15 is 0 Å². The van der Waals surface area contributed by atoms with Crippen molar-refractivity contribution in [1.82, 2.24) is 4.98 Å². The molecule has 1 aromatic heterocycles. The predicted octanol–water partition coefficient (Wildman–Crippen LogP) is 2.14. The van der Waals surface area contributed by atoms with Crippen molar-refractivity contribution in [3.05, 3.63) is 47.8 Å². The van der Waals surface area contributed by atoms with E-state index < -0.39 is 0 Å². The predicted molar refractivity (Wildman–Crippen MR) is 71.5 cm³/mol. The molecule has 2 heterocycles. The minimum absolute atomic E-state index is 0.0962. The molecule has 2 aromatic rings. The average Bonchev–Trinajstić information content (AvgIpc) is 2.73. The van der Waals surface area contributed by atoms with Crippen LogP contribution in [0.25, 0.3) is 11.1 Å². The summed E-state index contributed by atoms with van der Waals surface area (Å²) in [5, 5.41) is 9.12. The van der Waals surface area contributed by atoms with Crippen LogP contribution in [-0.2, 0) is 11.2 Å². The first kappa shape index (κ1) is 11.4. The molecule has 0 radical (unpaired) electrons. The molecule has 3 rings (SSSR count). The molecule has 0 saturated heterocycles. The molecule has 0 unspecified atom stereocenters. The number of anilines is 1. The second-order valence-electron chi connectivity index (χ2n) is 4.51. The largest absolute Gasteiger partial charge is 0.315 e. The van der Waals surface area contributed by atoms with Gasteiger partial charge in [0.25, 0.3) is 0 Å². The van der Waals surface area contributed by atoms with E-state index in [0.29, 0.717) is 12.0 Å². The van der Waals surface area contributed by atoms with Gasteiger partial charge in [-0.3, -0.25) is 9.78 Å². The van der Waals surface area contributed by atoms with Gasteiger partial charge in [-0.1, -0.05) is 6.07 Å². The number of likely N-dealkylation sites (N-methyl/N-ethyl adjacent to an activating group) is 1. The van der Waals surface area contributed by atoms with Crippen molar-refractivity contribution in [3.8, 4) is 17.2 Å². The van der Waals surface area contributed by atoms with E-state index in [2.05, 4.69) is 11.1 Å². The van der Waals surface area contributed by atoms with Crippen molar-refractivity contribution in [3.63, 3.8) is 0 Å². The van der Waals surface area contributed by atoms with E-state index in [1.807, 2.05) is 18.2 Å². The summed E-state index contributed by atoms with van der Waals surface area (Å²) in [5.41, 5.74) is 4.25. The van der Waals surface area contributed by atoms with Gasteiger partial charge in [-0.15, -0.1) is 0 Å². The molecule has 0 spiro atoms. The van der Waals surface area contributed by atoms with Gasteiger partial charge in [-0.2, -0.15) is 5.26 Å². The number of fused-ring (bicyclic) bond motifs is 1. The van der Waals surface area contributed by atoms with Crippen molar-refractivity contribution in [2.45, 2.75) is 6.42 Å². The minimum Gasteiger partial charge on any atom is -0.315 e. The summed E-state index contributed by atoms with van der Waals surface area (Å²) in [7, 11) is 1.78. The number of benzene rings is 1. The standard InChI is InChI=1S/C15H11N3O/c1-18-14-3-2-10(6-12(14)7-15(18)19)13-9-17-5-4-11(13)8-16/h2-6,9H,7H2,1H3. The second kappa shape index (κ2) is 4.21. The summed E-state index contributed by atoms with van der Waals surface area (Å²) in [6, 6.07) is 9.67. The van der Waals surface area contributed by atoms with Crippen LogP contribution in [-0.4, -0.2) is 17.9 Å². The summed E-state index contributed by atoms with van der Waals surface area (Å²) in [5.74, 6) is 0.0962. The van der Waals surface area contributed by atoms with E-state index in [4.69, 9.17) is 5.26 Å². The number of hydrogen-bond donors (Lipinski definition) is 0. The molecule has 1 aromatic carbocycles. The highest BCUT2D eigenvalue weighted by Crippen LogP contribution is 2.32. The number of aromatic nitrogens is 1. The first-order valence-corrected chi connectivity index (χ1v) is 5.94. The molecule has 19 heavy (non-hydrogen) atoms. The normalized spacial score (nSPS) is 13.3. The lowest BCUT2D eigenvalue weighted by atomic mass is 10.00. The molecule has 92 valence electrons. The first-order chi connectivity index (χ1) is 9.20. The molecular formula is C15H11N3O. The molecule has 1 aliphatic heterocycles. The number of rotatable bonds is 1. The Hall–Kier alpha value is -2.67. The summed E-state index contributed by atoms with van der Waals surface area (Å²) in [6.07, 6.45) is 3.70. The summed E-state index contributed by atoms with van der Waals surface area (Å²) in [4.78, 5) is 17.4. The Morgan fingerprint density at radius 2 is 2.21 bits per heavy atom. The minimum atomic E-state index is 0.0962. The molecule has 0 atom stereocenters. The molecule has 1 aliphatic rings. The second-order valence-corrected chi connectivity index (χ2v) is 4.51. The van der Waals surface area contributed by atoms with Crippen molar-refractivity contribution in [1.29, 1.82) is 5.26 Å². The molecule has 1 amide bonds. The lowest BCUT2D eigenvalue weighted by molar-refractivity contribution is -0.117. The van der Waals surface area contributed by atoms with Crippen molar-refractivity contribution in [2.75, 3.05) is 11.9 Å². The lowest BCUT2D eigenvalue weighted by Gasteiger charge is -2.11. The van der Waals surface area contributed by atoms with Gasteiger partial charge < -0.3 is 4.90 Å². The van der Waals surface area contributed by atoms with Crippen LogP contribution in [0.2, 0.25) is 0 Å². The van der Waals surface area contributed by atoms with Gasteiger partial charge in [0.15, 0.2) is 0 Å². The van der Waals surface area contributed by atoms with Gasteiger partial charge in [0.05, 0.1) is 18.1 Å². The van der Waals surface area contributed by atoms with Crippen LogP contribution in [0.1, 0.15) is 11.1 Å². The maximum absolute atomic E-state index is 11.7. The third kappa shape index (κ3) is 1.76. The van der Waals surface area contributed by atoms with E-state index in [9.17, 15) is 4.79 Å². The van der Waals surface area contributed by atoms with Gasteiger partial charge in [-0.05, 0) is 29.3 Å². The van der Waals surface area contributed by atoms with Crippen LogP contribution in [0.15, 0.2) is 36.7 Å². The number of amides is 1. The Labute approximate surface area is 110 Å². The van der Waals surface area contributed by atoms with E-state index in [0.717, 1.165) is 22.4 Å². The fourth-order valence-corrected chi connectivity index (χ4v) is 2.36. The van der Waals surface area contributed by atoms with Crippen LogP contribution in [0, 0.1) is 11.3 Å². The summed E-state index contributed by atoms with van der Waals surface area (Å²) in [6.45, 7) is 0. The molecule has 0 aliphatic carbocycles. The first-order valence-electron chi connectivity index (χ1n) is 5.94. The average molecular weight is 249 g/mol. The Balaban J connectivity index is 2.12. The number of carbonyl (C=O) groups excluding carboxylic acids is 1. The topological polar surface area (TPSA) is 57.0 Å².